The zero-order valence-electron chi connectivity index (χ0n) is 16.7. The first-order chi connectivity index (χ1) is 15.7. The second-order valence-corrected chi connectivity index (χ2v) is 6.81. The van der Waals surface area contributed by atoms with Gasteiger partial charge in [-0.1, -0.05) is 29.4 Å². The Morgan fingerprint density at radius 1 is 1.09 bits per heavy atom. The molecule has 4 aromatic rings. The molecule has 0 aliphatic heterocycles. The van der Waals surface area contributed by atoms with Crippen LogP contribution >= 0.6 is 0 Å². The zero-order chi connectivity index (χ0) is 23.8. The number of esters is 1. The number of nitrogens with zero attached hydrogens (tertiary/aromatic N) is 4. The van der Waals surface area contributed by atoms with Crippen molar-refractivity contribution < 1.29 is 36.0 Å². The highest BCUT2D eigenvalue weighted by Crippen LogP contribution is 2.29. The Bertz CT molecular complexity index is 1310. The van der Waals surface area contributed by atoms with Gasteiger partial charge >= 0.3 is 18.0 Å². The molecule has 2 heterocycles. The van der Waals surface area contributed by atoms with Crippen LogP contribution in [0.2, 0.25) is 0 Å². The van der Waals surface area contributed by atoms with E-state index >= 15 is 0 Å². The van der Waals surface area contributed by atoms with Crippen LogP contribution < -0.4 is 0 Å². The second kappa shape index (κ2) is 8.45. The Kier molecular flexibility index (Phi) is 5.66. The molecule has 7 nitrogen and oxygen atoms in total. The summed E-state index contributed by atoms with van der Waals surface area (Å²) in [4.78, 5) is 15.5. The normalized spacial score (nSPS) is 11.6. The molecular formula is C21H13F5N4O3. The molecule has 0 saturated carbocycles. The summed E-state index contributed by atoms with van der Waals surface area (Å²) in [6.07, 6.45) is -4.76. The van der Waals surface area contributed by atoms with E-state index in [9.17, 15) is 26.7 Å². The first-order valence-corrected chi connectivity index (χ1v) is 9.27. The van der Waals surface area contributed by atoms with Crippen molar-refractivity contribution in [1.29, 1.82) is 0 Å². The van der Waals surface area contributed by atoms with Crippen LogP contribution in [0.25, 0.3) is 22.6 Å². The van der Waals surface area contributed by atoms with Crippen LogP contribution in [-0.2, 0) is 17.5 Å². The molecule has 33 heavy (non-hydrogen) atoms. The van der Waals surface area contributed by atoms with Crippen molar-refractivity contribution in [3.8, 4) is 22.6 Å². The minimum absolute atomic E-state index is 0.00627. The molecule has 0 spiro atoms. The predicted molar refractivity (Wildman–Crippen MR) is 103 cm³/mol. The fourth-order valence-corrected chi connectivity index (χ4v) is 3.02. The van der Waals surface area contributed by atoms with Gasteiger partial charge in [0.15, 0.2) is 0 Å². The fraction of sp³-hybridized carbons (Fsp3) is 0.143. The van der Waals surface area contributed by atoms with Gasteiger partial charge in [0, 0.05) is 11.1 Å². The Morgan fingerprint density at radius 2 is 1.82 bits per heavy atom. The first kappa shape index (κ1) is 22.1. The lowest BCUT2D eigenvalue weighted by molar-refractivity contribution is -0.159. The third kappa shape index (κ3) is 4.59. The van der Waals surface area contributed by atoms with Crippen LogP contribution in [0.4, 0.5) is 22.0 Å². The molecule has 4 rings (SSSR count). The second-order valence-electron chi connectivity index (χ2n) is 6.81. The van der Waals surface area contributed by atoms with Gasteiger partial charge in [-0.2, -0.15) is 23.3 Å². The van der Waals surface area contributed by atoms with Crippen molar-refractivity contribution in [1.82, 2.24) is 19.9 Å². The molecule has 170 valence electrons. The maximum absolute atomic E-state index is 14.2. The molecular weight excluding hydrogens is 451 g/mol. The number of halogens is 5. The highest BCUT2D eigenvalue weighted by atomic mass is 19.4. The van der Waals surface area contributed by atoms with E-state index in [0.29, 0.717) is 5.56 Å². The number of carbonyl (C=O) groups is 1. The van der Waals surface area contributed by atoms with E-state index in [4.69, 9.17) is 4.74 Å². The summed E-state index contributed by atoms with van der Waals surface area (Å²) in [6.45, 7) is 0.0295. The average molecular weight is 464 g/mol. The number of ether oxygens (including phenoxy) is 1. The summed E-state index contributed by atoms with van der Waals surface area (Å²) in [6, 6.07) is 10.2. The quantitative estimate of drug-likeness (QED) is 0.314. The van der Waals surface area contributed by atoms with Crippen molar-refractivity contribution in [2.75, 3.05) is 7.11 Å². The molecule has 0 N–H and O–H groups in total. The summed E-state index contributed by atoms with van der Waals surface area (Å²) < 4.78 is 75.9. The van der Waals surface area contributed by atoms with Crippen molar-refractivity contribution in [2.45, 2.75) is 12.7 Å². The van der Waals surface area contributed by atoms with E-state index in [2.05, 4.69) is 19.8 Å². The monoisotopic (exact) mass is 464 g/mol. The van der Waals surface area contributed by atoms with E-state index < -0.39 is 29.7 Å². The molecule has 0 aliphatic rings. The maximum Gasteiger partial charge on any atom is 0.471 e. The highest BCUT2D eigenvalue weighted by molar-refractivity contribution is 5.89. The summed E-state index contributed by atoms with van der Waals surface area (Å²) >= 11 is 0. The number of benzene rings is 2. The number of hydrogen-bond donors (Lipinski definition) is 0. The molecule has 0 aliphatic carbocycles. The van der Waals surface area contributed by atoms with Gasteiger partial charge in [0.25, 0.3) is 0 Å². The van der Waals surface area contributed by atoms with Crippen LogP contribution in [0.1, 0.15) is 21.9 Å². The first-order valence-electron chi connectivity index (χ1n) is 9.27. The van der Waals surface area contributed by atoms with Gasteiger partial charge in [-0.05, 0) is 29.8 Å². The molecule has 0 fully saturated rings. The molecule has 0 saturated heterocycles. The standard InChI is InChI=1S/C21H13F5N4O3/c1-32-19(31)17-9-16(14-8-13(22)6-7-15(14)23)28-30(17)10-11-2-4-12(5-3-11)18-27-20(33-29-18)21(24,25)26/h2-9H,10H2,1H3. The summed E-state index contributed by atoms with van der Waals surface area (Å²) in [5.74, 6) is -3.84. The van der Waals surface area contributed by atoms with Crippen molar-refractivity contribution >= 4 is 5.97 Å². The largest absolute Gasteiger partial charge is 0.471 e. The molecule has 2 aromatic carbocycles. The van der Waals surface area contributed by atoms with Gasteiger partial charge in [-0.3, -0.25) is 4.68 Å². The SMILES string of the molecule is COC(=O)c1cc(-c2cc(F)ccc2F)nn1Cc1ccc(-c2noc(C(F)(F)F)n2)cc1. The van der Waals surface area contributed by atoms with Gasteiger partial charge in [-0.25, -0.2) is 13.6 Å². The molecule has 0 unspecified atom stereocenters. The minimum atomic E-state index is -4.76. The Labute approximate surface area is 182 Å². The molecule has 0 amide bonds. The van der Waals surface area contributed by atoms with Gasteiger partial charge in [0.05, 0.1) is 19.3 Å². The maximum atomic E-state index is 14.2. The topological polar surface area (TPSA) is 83.0 Å². The molecule has 12 heteroatoms. The van der Waals surface area contributed by atoms with Crippen molar-refractivity contribution in [2.24, 2.45) is 0 Å². The van der Waals surface area contributed by atoms with Crippen LogP contribution in [0.5, 0.6) is 0 Å². The lowest BCUT2D eigenvalue weighted by Gasteiger charge is -2.07. The number of carbonyl (C=O) groups excluding carboxylic acids is 1. The van der Waals surface area contributed by atoms with Crippen molar-refractivity contribution in [3.63, 3.8) is 0 Å². The smallest absolute Gasteiger partial charge is 0.464 e. The van der Waals surface area contributed by atoms with E-state index in [1.807, 2.05) is 0 Å². The average Bonchev–Trinajstić information content (AvgIpc) is 3.43. The number of hydrogen-bond acceptors (Lipinski definition) is 6. The number of aromatic nitrogens is 4. The van der Waals surface area contributed by atoms with E-state index in [-0.39, 0.29) is 34.9 Å². The Balaban J connectivity index is 1.63. The highest BCUT2D eigenvalue weighted by Gasteiger charge is 2.38. The van der Waals surface area contributed by atoms with Gasteiger partial charge in [-0.15, -0.1) is 0 Å². The van der Waals surface area contributed by atoms with Gasteiger partial charge in [0.1, 0.15) is 17.3 Å². The number of rotatable bonds is 5. The fourth-order valence-electron chi connectivity index (χ4n) is 3.02. The summed E-state index contributed by atoms with van der Waals surface area (Å²) in [5.41, 5.74) is 0.752. The molecule has 0 atom stereocenters. The van der Waals surface area contributed by atoms with Crippen molar-refractivity contribution in [3.05, 3.63) is 77.3 Å². The van der Waals surface area contributed by atoms with E-state index in [0.717, 1.165) is 25.3 Å². The van der Waals surface area contributed by atoms with Crippen LogP contribution in [0, 0.1) is 11.6 Å². The predicted octanol–water partition coefficient (Wildman–Crippen LogP) is 4.73. The zero-order valence-corrected chi connectivity index (χ0v) is 16.7. The molecule has 2 aromatic heterocycles. The summed E-state index contributed by atoms with van der Waals surface area (Å²) in [5, 5.41) is 7.52. The lowest BCUT2D eigenvalue weighted by atomic mass is 10.1. The number of alkyl halides is 3. The van der Waals surface area contributed by atoms with E-state index in [1.165, 1.54) is 22.9 Å². The van der Waals surface area contributed by atoms with Crippen LogP contribution in [0.15, 0.2) is 53.1 Å². The third-order valence-corrected chi connectivity index (χ3v) is 4.59. The molecule has 0 bridgehead atoms. The van der Waals surface area contributed by atoms with Gasteiger partial charge in [0.2, 0.25) is 5.82 Å². The Hall–Kier alpha value is -4.09. The minimum Gasteiger partial charge on any atom is -0.464 e. The van der Waals surface area contributed by atoms with Crippen LogP contribution in [0.3, 0.4) is 0 Å². The lowest BCUT2D eigenvalue weighted by Crippen LogP contribution is -2.12. The third-order valence-electron chi connectivity index (χ3n) is 4.59. The van der Waals surface area contributed by atoms with Gasteiger partial charge < -0.3 is 9.26 Å². The summed E-state index contributed by atoms with van der Waals surface area (Å²) in [7, 11) is 1.16. The van der Waals surface area contributed by atoms with Crippen LogP contribution in [-0.4, -0.2) is 33.0 Å². The Morgan fingerprint density at radius 3 is 2.45 bits per heavy atom. The van der Waals surface area contributed by atoms with E-state index in [1.54, 1.807) is 12.1 Å². The number of methoxy groups -OCH3 is 1. The molecule has 0 radical (unpaired) electrons.